The molecule has 0 saturated carbocycles. The van der Waals surface area contributed by atoms with Crippen LogP contribution in [0.4, 0.5) is 0 Å². The van der Waals surface area contributed by atoms with Crippen molar-refractivity contribution in [2.75, 3.05) is 54.4 Å². The van der Waals surface area contributed by atoms with Crippen molar-refractivity contribution in [3.8, 4) is 0 Å². The molecular weight excluding hydrogens is 829 g/mol. The molecule has 410 valence electrons. The van der Waals surface area contributed by atoms with Gasteiger partial charge in [-0.15, -0.1) is 0 Å². The topological polar surface area (TPSA) is 30.0 Å². The molecule has 0 aromatic heterocycles. The summed E-state index contributed by atoms with van der Waals surface area (Å²) in [5.74, 6) is 3.63. The van der Waals surface area contributed by atoms with Gasteiger partial charge in [-0.2, -0.15) is 0 Å². The molecule has 1 aromatic rings. The number of benzene rings is 1. The van der Waals surface area contributed by atoms with E-state index in [1.807, 2.05) is 13.8 Å². The Labute approximate surface area is 432 Å². The third-order valence-electron chi connectivity index (χ3n) is 12.3. The van der Waals surface area contributed by atoms with Crippen molar-refractivity contribution in [2.24, 2.45) is 50.7 Å². The summed E-state index contributed by atoms with van der Waals surface area (Å²) in [6.45, 7) is 71.6. The SMILES string of the molecule is CC.CC(C)(C)CN1CCC(C(C)(C)C)CC1.CC(C)C.CC(C)CCCN(C)C(C)(C)C.CC(CC(C)(C)C)C(C)(C)C.CN(C)C(=O)CCC(C)(C)C.CN(Cc1ccccc1)C(C)(C)C. The molecule has 1 aliphatic heterocycles. The van der Waals surface area contributed by atoms with Gasteiger partial charge in [0.2, 0.25) is 5.91 Å². The largest absolute Gasteiger partial charge is 0.349 e. The monoisotopic (exact) mass is 961 g/mol. The van der Waals surface area contributed by atoms with E-state index in [1.165, 1.54) is 63.8 Å². The Morgan fingerprint density at radius 1 is 0.618 bits per heavy atom. The zero-order valence-electron chi connectivity index (χ0n) is 53.4. The van der Waals surface area contributed by atoms with Crippen molar-refractivity contribution in [3.05, 3.63) is 35.9 Å². The van der Waals surface area contributed by atoms with Gasteiger partial charge >= 0.3 is 0 Å². The van der Waals surface area contributed by atoms with Crippen LogP contribution >= 0.6 is 0 Å². The van der Waals surface area contributed by atoms with Gasteiger partial charge in [0.1, 0.15) is 0 Å². The van der Waals surface area contributed by atoms with Gasteiger partial charge in [-0.05, 0) is 170 Å². The molecule has 0 spiro atoms. The molecular formula is C63H132N4O. The molecule has 1 saturated heterocycles. The van der Waals surface area contributed by atoms with Crippen LogP contribution in [-0.4, -0.2) is 91.0 Å². The summed E-state index contributed by atoms with van der Waals surface area (Å²) >= 11 is 0. The van der Waals surface area contributed by atoms with Crippen LogP contribution in [0.15, 0.2) is 30.3 Å². The highest BCUT2D eigenvalue weighted by molar-refractivity contribution is 5.75. The molecule has 5 heteroatoms. The van der Waals surface area contributed by atoms with E-state index in [1.54, 1.807) is 19.0 Å². The van der Waals surface area contributed by atoms with E-state index in [4.69, 9.17) is 0 Å². The Bertz CT molecular complexity index is 1290. The Morgan fingerprint density at radius 3 is 1.31 bits per heavy atom. The van der Waals surface area contributed by atoms with E-state index >= 15 is 0 Å². The summed E-state index contributed by atoms with van der Waals surface area (Å²) in [5.41, 5.74) is 4.13. The third-order valence-corrected chi connectivity index (χ3v) is 12.3. The normalized spacial score (nSPS) is 14.6. The average molecular weight is 962 g/mol. The predicted octanol–water partition coefficient (Wildman–Crippen LogP) is 18.6. The summed E-state index contributed by atoms with van der Waals surface area (Å²) < 4.78 is 0. The number of rotatable bonds is 10. The molecule has 1 unspecified atom stereocenters. The molecule has 1 atom stereocenters. The first kappa shape index (κ1) is 75.5. The molecule has 5 nitrogen and oxygen atoms in total. The van der Waals surface area contributed by atoms with E-state index < -0.39 is 0 Å². The van der Waals surface area contributed by atoms with Crippen molar-refractivity contribution in [1.82, 2.24) is 19.6 Å². The smallest absolute Gasteiger partial charge is 0.222 e. The summed E-state index contributed by atoms with van der Waals surface area (Å²) in [6.07, 6.45) is 8.39. The summed E-state index contributed by atoms with van der Waals surface area (Å²) in [7, 11) is 7.96. The highest BCUT2D eigenvalue weighted by Gasteiger charge is 2.30. The first-order chi connectivity index (χ1) is 30.2. The lowest BCUT2D eigenvalue weighted by molar-refractivity contribution is -0.129. The maximum Gasteiger partial charge on any atom is 0.222 e. The predicted molar refractivity (Wildman–Crippen MR) is 314 cm³/mol. The van der Waals surface area contributed by atoms with Gasteiger partial charge in [0.05, 0.1) is 0 Å². The molecule has 1 heterocycles. The summed E-state index contributed by atoms with van der Waals surface area (Å²) in [4.78, 5) is 20.2. The fourth-order valence-corrected chi connectivity index (χ4v) is 6.72. The first-order valence-electron chi connectivity index (χ1n) is 27.6. The molecule has 0 bridgehead atoms. The highest BCUT2D eigenvalue weighted by Crippen LogP contribution is 2.36. The number of carbonyl (C=O) groups excluding carboxylic acids is 1. The summed E-state index contributed by atoms with van der Waals surface area (Å²) in [5, 5.41) is 0. The molecule has 68 heavy (non-hydrogen) atoms. The Balaban J connectivity index is -0.000000237. The number of piperidine rings is 1. The number of amides is 1. The molecule has 1 amide bonds. The lowest BCUT2D eigenvalue weighted by Gasteiger charge is -2.40. The van der Waals surface area contributed by atoms with Crippen LogP contribution in [-0.2, 0) is 11.3 Å². The van der Waals surface area contributed by atoms with Gasteiger partial charge in [0, 0.05) is 44.7 Å². The van der Waals surface area contributed by atoms with Crippen molar-refractivity contribution in [1.29, 1.82) is 0 Å². The molecule has 1 aliphatic rings. The van der Waals surface area contributed by atoms with E-state index in [0.717, 1.165) is 36.6 Å². The first-order valence-corrected chi connectivity index (χ1v) is 27.6. The van der Waals surface area contributed by atoms with Gasteiger partial charge in [-0.1, -0.05) is 190 Å². The lowest BCUT2D eigenvalue weighted by atomic mass is 9.73. The minimum absolute atomic E-state index is 0.222. The highest BCUT2D eigenvalue weighted by atomic mass is 16.2. The van der Waals surface area contributed by atoms with Gasteiger partial charge in [-0.25, -0.2) is 0 Å². The van der Waals surface area contributed by atoms with Crippen LogP contribution in [0.5, 0.6) is 0 Å². The fourth-order valence-electron chi connectivity index (χ4n) is 6.72. The lowest BCUT2D eigenvalue weighted by Crippen LogP contribution is -2.41. The van der Waals surface area contributed by atoms with E-state index in [9.17, 15) is 4.79 Å². The number of carbonyl (C=O) groups is 1. The standard InChI is InChI=1S/C14H29N.C12H19N.C11H25N.C11H24.C9H19NO.C4H10.C2H6/c1-13(2,3)11-15-9-7-12(8-10-15)14(4,5)6;1-12(2,3)13(4)10-11-8-6-5-7-9-11;1-10(2)8-7-9-12(6)11(3,4)5;1-9(11(5,6)7)8-10(2,3)4;1-9(2,3)7-6-8(11)10(4)5;1-4(2)3;1-2/h12H,7-11H2,1-6H3;5-9H,10H2,1-4H3;10H,7-9H2,1-6H3;9H,8H2,1-7H3;6-7H2,1-5H3;4H,1-3H3;1-2H3. The molecule has 0 radical (unpaired) electrons. The van der Waals surface area contributed by atoms with Crippen LogP contribution in [0, 0.1) is 50.7 Å². The number of hydrogen-bond acceptors (Lipinski definition) is 4. The zero-order valence-corrected chi connectivity index (χ0v) is 53.4. The number of hydrogen-bond donors (Lipinski definition) is 0. The van der Waals surface area contributed by atoms with Gasteiger partial charge < -0.3 is 14.7 Å². The maximum absolute atomic E-state index is 11.1. The van der Waals surface area contributed by atoms with Crippen LogP contribution in [0.2, 0.25) is 0 Å². The molecule has 0 N–H and O–H groups in total. The van der Waals surface area contributed by atoms with E-state index in [0.29, 0.717) is 33.6 Å². The molecule has 2 rings (SSSR count). The summed E-state index contributed by atoms with van der Waals surface area (Å²) in [6, 6.07) is 10.6. The Kier molecular flexibility index (Phi) is 39.6. The second-order valence-electron chi connectivity index (χ2n) is 29.2. The molecule has 0 aliphatic carbocycles. The van der Waals surface area contributed by atoms with Gasteiger partial charge in [0.15, 0.2) is 0 Å². The van der Waals surface area contributed by atoms with Gasteiger partial charge in [0.25, 0.3) is 0 Å². The van der Waals surface area contributed by atoms with Crippen molar-refractivity contribution in [3.63, 3.8) is 0 Å². The van der Waals surface area contributed by atoms with Gasteiger partial charge in [-0.3, -0.25) is 9.69 Å². The van der Waals surface area contributed by atoms with Crippen molar-refractivity contribution >= 4 is 5.91 Å². The minimum Gasteiger partial charge on any atom is -0.349 e. The molecule has 1 aromatic carbocycles. The fraction of sp³-hybridized carbons (Fsp3) is 0.889. The number of nitrogens with zero attached hydrogens (tertiary/aromatic N) is 4. The minimum atomic E-state index is 0.222. The quantitative estimate of drug-likeness (QED) is 0.234. The van der Waals surface area contributed by atoms with E-state index in [2.05, 4.69) is 246 Å². The zero-order chi connectivity index (χ0) is 55.3. The second-order valence-corrected chi connectivity index (χ2v) is 29.2. The average Bonchev–Trinajstić information content (AvgIpc) is 3.13. The van der Waals surface area contributed by atoms with Crippen LogP contribution in [0.25, 0.3) is 0 Å². The number of likely N-dealkylation sites (tertiary alicyclic amines) is 1. The van der Waals surface area contributed by atoms with Crippen LogP contribution < -0.4 is 0 Å². The second kappa shape index (κ2) is 35.6. The molecule has 1 fully saturated rings. The Morgan fingerprint density at radius 2 is 1.03 bits per heavy atom. The third kappa shape index (κ3) is 52.4. The van der Waals surface area contributed by atoms with Crippen molar-refractivity contribution in [2.45, 2.75) is 263 Å². The van der Waals surface area contributed by atoms with Crippen LogP contribution in [0.1, 0.15) is 251 Å². The maximum atomic E-state index is 11.1. The van der Waals surface area contributed by atoms with Crippen molar-refractivity contribution < 1.29 is 4.79 Å². The van der Waals surface area contributed by atoms with E-state index in [-0.39, 0.29) is 16.9 Å². The Hall–Kier alpha value is -1.43. The van der Waals surface area contributed by atoms with Crippen LogP contribution in [0.3, 0.4) is 0 Å².